The molecule has 23 heavy (non-hydrogen) atoms. The van der Waals surface area contributed by atoms with Crippen molar-refractivity contribution in [2.45, 2.75) is 32.9 Å². The van der Waals surface area contributed by atoms with Crippen LogP contribution in [0.2, 0.25) is 0 Å². The Morgan fingerprint density at radius 2 is 1.65 bits per heavy atom. The van der Waals surface area contributed by atoms with Gasteiger partial charge in [0, 0.05) is 18.8 Å². The molecule has 3 amide bonds. The van der Waals surface area contributed by atoms with E-state index >= 15 is 0 Å². The fourth-order valence-electron chi connectivity index (χ4n) is 2.31. The van der Waals surface area contributed by atoms with Crippen molar-refractivity contribution in [1.29, 1.82) is 0 Å². The maximum absolute atomic E-state index is 12.2. The highest BCUT2D eigenvalue weighted by atomic mass is 16.2. The van der Waals surface area contributed by atoms with Crippen LogP contribution in [0.5, 0.6) is 0 Å². The van der Waals surface area contributed by atoms with Crippen molar-refractivity contribution in [2.24, 2.45) is 0 Å². The fourth-order valence-corrected chi connectivity index (χ4v) is 2.31. The highest BCUT2D eigenvalue weighted by molar-refractivity contribution is 5.98. The lowest BCUT2D eigenvalue weighted by molar-refractivity contribution is -0.120. The molecule has 2 rings (SSSR count). The van der Waals surface area contributed by atoms with Gasteiger partial charge in [0.05, 0.1) is 0 Å². The SMILES string of the molecule is CC(C)NC(=O)NC(=O)C(C)N(C)c1ccc2ccccc2c1. The van der Waals surface area contributed by atoms with E-state index in [-0.39, 0.29) is 11.9 Å². The topological polar surface area (TPSA) is 61.4 Å². The highest BCUT2D eigenvalue weighted by Crippen LogP contribution is 2.22. The Morgan fingerprint density at radius 3 is 2.30 bits per heavy atom. The molecule has 0 radical (unpaired) electrons. The second-order valence-electron chi connectivity index (χ2n) is 5.94. The van der Waals surface area contributed by atoms with Crippen LogP contribution in [0.3, 0.4) is 0 Å². The zero-order chi connectivity index (χ0) is 17.0. The summed E-state index contributed by atoms with van der Waals surface area (Å²) in [4.78, 5) is 25.7. The van der Waals surface area contributed by atoms with Gasteiger partial charge in [-0.15, -0.1) is 0 Å². The lowest BCUT2D eigenvalue weighted by Crippen LogP contribution is -2.49. The van der Waals surface area contributed by atoms with Gasteiger partial charge in [0.2, 0.25) is 5.91 Å². The molecule has 5 heteroatoms. The number of fused-ring (bicyclic) bond motifs is 1. The minimum Gasteiger partial charge on any atom is -0.363 e. The summed E-state index contributed by atoms with van der Waals surface area (Å²) in [5, 5.41) is 7.27. The molecule has 0 spiro atoms. The summed E-state index contributed by atoms with van der Waals surface area (Å²) in [5.74, 6) is -0.334. The van der Waals surface area contributed by atoms with Gasteiger partial charge in [0.1, 0.15) is 6.04 Å². The predicted octanol–water partition coefficient (Wildman–Crippen LogP) is 2.90. The number of rotatable bonds is 4. The number of imide groups is 1. The molecule has 0 fully saturated rings. The standard InChI is InChI=1S/C18H23N3O2/c1-12(2)19-18(23)20-17(22)13(3)21(4)16-10-9-14-7-5-6-8-15(14)11-16/h5-13H,1-4H3,(H2,19,20,22,23). The number of nitrogens with zero attached hydrogens (tertiary/aromatic N) is 1. The summed E-state index contributed by atoms with van der Waals surface area (Å²) in [6, 6.07) is 13.1. The van der Waals surface area contributed by atoms with Crippen LogP contribution in [0, 0.1) is 0 Å². The van der Waals surface area contributed by atoms with E-state index < -0.39 is 12.1 Å². The molecule has 0 bridgehead atoms. The first kappa shape index (κ1) is 16.8. The maximum Gasteiger partial charge on any atom is 0.321 e. The van der Waals surface area contributed by atoms with Crippen LogP contribution >= 0.6 is 0 Å². The lowest BCUT2D eigenvalue weighted by atomic mass is 10.1. The molecule has 0 saturated carbocycles. The molecule has 122 valence electrons. The molecule has 5 nitrogen and oxygen atoms in total. The van der Waals surface area contributed by atoms with Gasteiger partial charge in [-0.1, -0.05) is 30.3 Å². The number of anilines is 1. The first-order valence-corrected chi connectivity index (χ1v) is 7.71. The molecule has 0 aliphatic carbocycles. The van der Waals surface area contributed by atoms with E-state index in [2.05, 4.69) is 10.6 Å². The van der Waals surface area contributed by atoms with Crippen molar-refractivity contribution >= 4 is 28.4 Å². The minimum absolute atomic E-state index is 0.0173. The molecule has 1 atom stereocenters. The van der Waals surface area contributed by atoms with Crippen molar-refractivity contribution in [2.75, 3.05) is 11.9 Å². The molecule has 0 aromatic heterocycles. The highest BCUT2D eigenvalue weighted by Gasteiger charge is 2.20. The Hall–Kier alpha value is -2.56. The van der Waals surface area contributed by atoms with Gasteiger partial charge in [-0.2, -0.15) is 0 Å². The number of amides is 3. The van der Waals surface area contributed by atoms with Crippen LogP contribution in [0.4, 0.5) is 10.5 Å². The number of nitrogens with one attached hydrogen (secondary N) is 2. The number of carbonyl (C=O) groups excluding carboxylic acids is 2. The molecule has 1 unspecified atom stereocenters. The van der Waals surface area contributed by atoms with E-state index in [9.17, 15) is 9.59 Å². The quantitative estimate of drug-likeness (QED) is 0.912. The van der Waals surface area contributed by atoms with Gasteiger partial charge in [-0.05, 0) is 43.7 Å². The van der Waals surface area contributed by atoms with Gasteiger partial charge in [-0.3, -0.25) is 10.1 Å². The van der Waals surface area contributed by atoms with E-state index in [1.807, 2.05) is 68.3 Å². The fraction of sp³-hybridized carbons (Fsp3) is 0.333. The Kier molecular flexibility index (Phi) is 5.21. The van der Waals surface area contributed by atoms with E-state index in [0.29, 0.717) is 0 Å². The Balaban J connectivity index is 2.09. The summed E-state index contributed by atoms with van der Waals surface area (Å²) < 4.78 is 0. The third-order valence-corrected chi connectivity index (χ3v) is 3.76. The van der Waals surface area contributed by atoms with Crippen LogP contribution in [0.1, 0.15) is 20.8 Å². The van der Waals surface area contributed by atoms with Crippen LogP contribution in [-0.4, -0.2) is 31.1 Å². The molecular formula is C18H23N3O2. The van der Waals surface area contributed by atoms with Crippen molar-refractivity contribution in [3.05, 3.63) is 42.5 Å². The van der Waals surface area contributed by atoms with Crippen LogP contribution < -0.4 is 15.5 Å². The molecular weight excluding hydrogens is 290 g/mol. The van der Waals surface area contributed by atoms with Gasteiger partial charge >= 0.3 is 6.03 Å². The van der Waals surface area contributed by atoms with Crippen molar-refractivity contribution in [1.82, 2.24) is 10.6 Å². The number of carbonyl (C=O) groups is 2. The average Bonchev–Trinajstić information content (AvgIpc) is 2.52. The molecule has 0 heterocycles. The first-order valence-electron chi connectivity index (χ1n) is 7.71. The lowest BCUT2D eigenvalue weighted by Gasteiger charge is -2.26. The minimum atomic E-state index is -0.469. The molecule has 2 aromatic rings. The summed E-state index contributed by atoms with van der Waals surface area (Å²) in [6.45, 7) is 5.45. The number of urea groups is 1. The molecule has 2 aromatic carbocycles. The van der Waals surface area contributed by atoms with E-state index in [4.69, 9.17) is 0 Å². The van der Waals surface area contributed by atoms with Gasteiger partial charge in [-0.25, -0.2) is 4.79 Å². The predicted molar refractivity (Wildman–Crippen MR) is 93.6 cm³/mol. The van der Waals surface area contributed by atoms with E-state index in [0.717, 1.165) is 16.5 Å². The second-order valence-corrected chi connectivity index (χ2v) is 5.94. The Labute approximate surface area is 136 Å². The van der Waals surface area contributed by atoms with E-state index in [1.165, 1.54) is 0 Å². The summed E-state index contributed by atoms with van der Waals surface area (Å²) in [6.07, 6.45) is 0. The summed E-state index contributed by atoms with van der Waals surface area (Å²) in [5.41, 5.74) is 0.926. The van der Waals surface area contributed by atoms with Crippen LogP contribution in [0.15, 0.2) is 42.5 Å². The monoisotopic (exact) mass is 313 g/mol. The second kappa shape index (κ2) is 7.13. The molecule has 0 aliphatic heterocycles. The van der Waals surface area contributed by atoms with Gasteiger partial charge in [0.25, 0.3) is 0 Å². The zero-order valence-electron chi connectivity index (χ0n) is 14.0. The smallest absolute Gasteiger partial charge is 0.321 e. The van der Waals surface area contributed by atoms with Crippen molar-refractivity contribution < 1.29 is 9.59 Å². The molecule has 2 N–H and O–H groups in total. The number of benzene rings is 2. The Bertz CT molecular complexity index is 712. The Morgan fingerprint density at radius 1 is 1.00 bits per heavy atom. The third-order valence-electron chi connectivity index (χ3n) is 3.76. The maximum atomic E-state index is 12.2. The van der Waals surface area contributed by atoms with Crippen molar-refractivity contribution in [3.8, 4) is 0 Å². The number of hydrogen-bond acceptors (Lipinski definition) is 3. The average molecular weight is 313 g/mol. The van der Waals surface area contributed by atoms with Gasteiger partial charge in [0.15, 0.2) is 0 Å². The summed E-state index contributed by atoms with van der Waals surface area (Å²) in [7, 11) is 1.84. The molecule has 0 aliphatic rings. The molecule has 0 saturated heterocycles. The number of likely N-dealkylation sites (N-methyl/N-ethyl adjacent to an activating group) is 1. The van der Waals surface area contributed by atoms with E-state index in [1.54, 1.807) is 6.92 Å². The zero-order valence-corrected chi connectivity index (χ0v) is 14.0. The first-order chi connectivity index (χ1) is 10.9. The van der Waals surface area contributed by atoms with Crippen LogP contribution in [0.25, 0.3) is 10.8 Å². The third kappa shape index (κ3) is 4.22. The number of hydrogen-bond donors (Lipinski definition) is 2. The van der Waals surface area contributed by atoms with Gasteiger partial charge < -0.3 is 10.2 Å². The van der Waals surface area contributed by atoms with Crippen LogP contribution in [-0.2, 0) is 4.79 Å². The normalized spacial score (nSPS) is 12.0. The van der Waals surface area contributed by atoms with Crippen molar-refractivity contribution in [3.63, 3.8) is 0 Å². The largest absolute Gasteiger partial charge is 0.363 e. The summed E-state index contributed by atoms with van der Waals surface area (Å²) >= 11 is 0.